The first-order chi connectivity index (χ1) is 7.38. The fourth-order valence-corrected chi connectivity index (χ4v) is 1.75. The minimum atomic E-state index is 0.186. The SMILES string of the molecule is C#C[C@@H]1C[C@@H](OCc2ccccc2)CN1. The van der Waals surface area contributed by atoms with Crippen LogP contribution >= 0.6 is 0 Å². The molecular formula is C13H15NO. The molecule has 2 heteroatoms. The molecule has 0 bridgehead atoms. The van der Waals surface area contributed by atoms with Gasteiger partial charge in [0.05, 0.1) is 18.8 Å². The summed E-state index contributed by atoms with van der Waals surface area (Å²) in [6.07, 6.45) is 6.51. The third kappa shape index (κ3) is 2.82. The van der Waals surface area contributed by atoms with Crippen molar-refractivity contribution in [1.29, 1.82) is 0 Å². The first-order valence-electron chi connectivity index (χ1n) is 5.23. The van der Waals surface area contributed by atoms with Crippen molar-refractivity contribution < 1.29 is 4.74 Å². The second-order valence-electron chi connectivity index (χ2n) is 3.78. The number of rotatable bonds is 3. The molecule has 2 rings (SSSR count). The highest BCUT2D eigenvalue weighted by molar-refractivity contribution is 5.13. The standard InChI is InChI=1S/C13H15NO/c1-2-12-8-13(9-14-12)15-10-11-6-4-3-5-7-11/h1,3-7,12-14H,8-10H2/t12-,13-/m1/s1. The minimum absolute atomic E-state index is 0.186. The van der Waals surface area contributed by atoms with Crippen LogP contribution in [0.15, 0.2) is 30.3 Å². The number of benzene rings is 1. The lowest BCUT2D eigenvalue weighted by Crippen LogP contribution is -2.19. The van der Waals surface area contributed by atoms with E-state index < -0.39 is 0 Å². The summed E-state index contributed by atoms with van der Waals surface area (Å²) in [6, 6.07) is 10.4. The number of hydrogen-bond acceptors (Lipinski definition) is 2. The topological polar surface area (TPSA) is 21.3 Å². The highest BCUT2D eigenvalue weighted by Crippen LogP contribution is 2.12. The van der Waals surface area contributed by atoms with Crippen molar-refractivity contribution in [1.82, 2.24) is 5.32 Å². The van der Waals surface area contributed by atoms with Gasteiger partial charge in [0, 0.05) is 13.0 Å². The number of ether oxygens (including phenoxy) is 1. The van der Waals surface area contributed by atoms with Gasteiger partial charge in [-0.15, -0.1) is 6.42 Å². The van der Waals surface area contributed by atoms with E-state index in [-0.39, 0.29) is 12.1 Å². The van der Waals surface area contributed by atoms with E-state index in [1.807, 2.05) is 18.2 Å². The Morgan fingerprint density at radius 2 is 2.20 bits per heavy atom. The van der Waals surface area contributed by atoms with Gasteiger partial charge in [-0.3, -0.25) is 0 Å². The summed E-state index contributed by atoms with van der Waals surface area (Å²) in [5.74, 6) is 2.70. The Morgan fingerprint density at radius 1 is 1.40 bits per heavy atom. The van der Waals surface area contributed by atoms with Gasteiger partial charge in [-0.1, -0.05) is 36.3 Å². The Kier molecular flexibility index (Phi) is 3.39. The molecule has 0 unspecified atom stereocenters. The first-order valence-corrected chi connectivity index (χ1v) is 5.23. The van der Waals surface area contributed by atoms with Crippen molar-refractivity contribution in [3.8, 4) is 12.3 Å². The van der Waals surface area contributed by atoms with Crippen LogP contribution in [0.3, 0.4) is 0 Å². The van der Waals surface area contributed by atoms with Gasteiger partial charge in [0.15, 0.2) is 0 Å². The summed E-state index contributed by atoms with van der Waals surface area (Å²) in [6.45, 7) is 1.53. The van der Waals surface area contributed by atoms with Crippen LogP contribution in [-0.4, -0.2) is 18.7 Å². The minimum Gasteiger partial charge on any atom is -0.372 e. The third-order valence-corrected chi connectivity index (χ3v) is 2.62. The van der Waals surface area contributed by atoms with Crippen LogP contribution in [0.25, 0.3) is 0 Å². The molecule has 0 aliphatic carbocycles. The fourth-order valence-electron chi connectivity index (χ4n) is 1.75. The Hall–Kier alpha value is -1.30. The predicted octanol–water partition coefficient (Wildman–Crippen LogP) is 1.57. The second kappa shape index (κ2) is 4.97. The van der Waals surface area contributed by atoms with Crippen molar-refractivity contribution in [3.05, 3.63) is 35.9 Å². The van der Waals surface area contributed by atoms with Gasteiger partial charge in [-0.05, 0) is 5.56 Å². The smallest absolute Gasteiger partial charge is 0.0728 e. The molecule has 15 heavy (non-hydrogen) atoms. The molecule has 2 atom stereocenters. The van der Waals surface area contributed by atoms with Gasteiger partial charge in [0.25, 0.3) is 0 Å². The molecule has 0 saturated carbocycles. The lowest BCUT2D eigenvalue weighted by molar-refractivity contribution is 0.0534. The van der Waals surface area contributed by atoms with Crippen LogP contribution in [0.1, 0.15) is 12.0 Å². The van der Waals surface area contributed by atoms with E-state index in [0.717, 1.165) is 13.0 Å². The zero-order chi connectivity index (χ0) is 10.5. The molecular weight excluding hydrogens is 186 g/mol. The molecule has 1 aliphatic rings. The molecule has 1 saturated heterocycles. The maximum Gasteiger partial charge on any atom is 0.0728 e. The average Bonchev–Trinajstić information content (AvgIpc) is 2.76. The maximum atomic E-state index is 5.76. The highest BCUT2D eigenvalue weighted by atomic mass is 16.5. The molecule has 1 N–H and O–H groups in total. The van der Waals surface area contributed by atoms with Crippen LogP contribution in [0.2, 0.25) is 0 Å². The normalized spacial score (nSPS) is 25.0. The van der Waals surface area contributed by atoms with E-state index in [4.69, 9.17) is 11.2 Å². The predicted molar refractivity (Wildman–Crippen MR) is 60.3 cm³/mol. The second-order valence-corrected chi connectivity index (χ2v) is 3.78. The van der Waals surface area contributed by atoms with E-state index in [0.29, 0.717) is 6.61 Å². The molecule has 0 radical (unpaired) electrons. The summed E-state index contributed by atoms with van der Waals surface area (Å²) in [5.41, 5.74) is 1.21. The molecule has 1 fully saturated rings. The highest BCUT2D eigenvalue weighted by Gasteiger charge is 2.22. The van der Waals surface area contributed by atoms with Crippen LogP contribution in [0, 0.1) is 12.3 Å². The van der Waals surface area contributed by atoms with E-state index >= 15 is 0 Å². The summed E-state index contributed by atoms with van der Waals surface area (Å²) < 4.78 is 5.76. The Balaban J connectivity index is 1.78. The van der Waals surface area contributed by atoms with Gasteiger partial charge in [-0.2, -0.15) is 0 Å². The number of nitrogens with one attached hydrogen (secondary N) is 1. The van der Waals surface area contributed by atoms with E-state index in [9.17, 15) is 0 Å². The van der Waals surface area contributed by atoms with Gasteiger partial charge in [0.2, 0.25) is 0 Å². The van der Waals surface area contributed by atoms with Crippen LogP contribution < -0.4 is 5.32 Å². The molecule has 1 heterocycles. The van der Waals surface area contributed by atoms with E-state index in [1.165, 1.54) is 5.56 Å². The molecule has 1 aromatic rings. The van der Waals surface area contributed by atoms with Gasteiger partial charge in [-0.25, -0.2) is 0 Å². The molecule has 78 valence electrons. The molecule has 0 spiro atoms. The molecule has 2 nitrogen and oxygen atoms in total. The fraction of sp³-hybridized carbons (Fsp3) is 0.385. The Morgan fingerprint density at radius 3 is 2.87 bits per heavy atom. The molecule has 0 amide bonds. The van der Waals surface area contributed by atoms with E-state index in [2.05, 4.69) is 23.4 Å². The first kappa shape index (κ1) is 10.2. The number of hydrogen-bond donors (Lipinski definition) is 1. The van der Waals surface area contributed by atoms with Crippen molar-refractivity contribution in [3.63, 3.8) is 0 Å². The zero-order valence-electron chi connectivity index (χ0n) is 8.65. The van der Waals surface area contributed by atoms with Crippen LogP contribution in [-0.2, 0) is 11.3 Å². The summed E-state index contributed by atoms with van der Waals surface area (Å²) >= 11 is 0. The summed E-state index contributed by atoms with van der Waals surface area (Å²) in [4.78, 5) is 0. The average molecular weight is 201 g/mol. The number of terminal acetylenes is 1. The maximum absolute atomic E-state index is 5.76. The van der Waals surface area contributed by atoms with Gasteiger partial charge >= 0.3 is 0 Å². The molecule has 1 aliphatic heterocycles. The molecule has 0 aromatic heterocycles. The van der Waals surface area contributed by atoms with Crippen molar-refractivity contribution >= 4 is 0 Å². The Labute approximate surface area is 90.6 Å². The van der Waals surface area contributed by atoms with E-state index in [1.54, 1.807) is 0 Å². The molecule has 1 aromatic carbocycles. The Bertz CT molecular complexity index is 341. The lowest BCUT2D eigenvalue weighted by atomic mass is 10.2. The van der Waals surface area contributed by atoms with Crippen molar-refractivity contribution in [2.45, 2.75) is 25.2 Å². The largest absolute Gasteiger partial charge is 0.372 e. The lowest BCUT2D eigenvalue weighted by Gasteiger charge is -2.10. The summed E-state index contributed by atoms with van der Waals surface area (Å²) in [5, 5.41) is 3.23. The quantitative estimate of drug-likeness (QED) is 0.749. The monoisotopic (exact) mass is 201 g/mol. The van der Waals surface area contributed by atoms with Crippen LogP contribution in [0.4, 0.5) is 0 Å². The zero-order valence-corrected chi connectivity index (χ0v) is 8.65. The van der Waals surface area contributed by atoms with Gasteiger partial charge in [0.1, 0.15) is 0 Å². The summed E-state index contributed by atoms with van der Waals surface area (Å²) in [7, 11) is 0. The van der Waals surface area contributed by atoms with Crippen LogP contribution in [0.5, 0.6) is 0 Å². The third-order valence-electron chi connectivity index (χ3n) is 2.62. The van der Waals surface area contributed by atoms with Crippen molar-refractivity contribution in [2.24, 2.45) is 0 Å². The van der Waals surface area contributed by atoms with Gasteiger partial charge < -0.3 is 10.1 Å². The van der Waals surface area contributed by atoms with Crippen molar-refractivity contribution in [2.75, 3.05) is 6.54 Å².